The number of carbonyl (C=O) groups excluding carboxylic acids is 1. The van der Waals surface area contributed by atoms with Crippen LogP contribution in [0, 0.1) is 0 Å². The molecule has 0 aliphatic carbocycles. The van der Waals surface area contributed by atoms with Crippen LogP contribution in [0.2, 0.25) is 0 Å². The molecule has 0 bridgehead atoms. The van der Waals surface area contributed by atoms with E-state index in [1.54, 1.807) is 0 Å². The standard InChI is InChI=1S/C13H17F3NO7PS/c1-4-24-11(18)12(13(14,15)16,25(19,22-2)23-3)17-26(20,21)10-8-6-5-7-9-10/h5-9,17H,4H2,1-3H3/t12-/m1/s1. The van der Waals surface area contributed by atoms with Crippen LogP contribution < -0.4 is 4.72 Å². The molecule has 8 nitrogen and oxygen atoms in total. The zero-order chi connectivity index (χ0) is 20.2. The van der Waals surface area contributed by atoms with Crippen molar-refractivity contribution < 1.29 is 44.7 Å². The number of esters is 1. The quantitative estimate of drug-likeness (QED) is 0.509. The minimum absolute atomic E-state index is 0.544. The number of alkyl halides is 3. The number of rotatable bonds is 8. The minimum Gasteiger partial charge on any atom is -0.464 e. The van der Waals surface area contributed by atoms with E-state index in [1.165, 1.54) is 25.1 Å². The van der Waals surface area contributed by atoms with Gasteiger partial charge < -0.3 is 13.8 Å². The van der Waals surface area contributed by atoms with Crippen LogP contribution in [0.25, 0.3) is 0 Å². The third-order valence-corrected chi connectivity index (χ3v) is 7.16. The van der Waals surface area contributed by atoms with Gasteiger partial charge in [-0.1, -0.05) is 18.2 Å². The van der Waals surface area contributed by atoms with Gasteiger partial charge in [-0.2, -0.15) is 17.9 Å². The van der Waals surface area contributed by atoms with Crippen LogP contribution in [0.4, 0.5) is 13.2 Å². The predicted octanol–water partition coefficient (Wildman–Crippen LogP) is 2.27. The van der Waals surface area contributed by atoms with Crippen molar-refractivity contribution in [3.05, 3.63) is 30.3 Å². The Hall–Kier alpha value is -1.46. The van der Waals surface area contributed by atoms with Crippen LogP contribution in [0.5, 0.6) is 0 Å². The Morgan fingerprint density at radius 3 is 2.04 bits per heavy atom. The number of halogens is 3. The fourth-order valence-corrected chi connectivity index (χ4v) is 5.30. The monoisotopic (exact) mass is 419 g/mol. The highest BCUT2D eigenvalue weighted by Gasteiger charge is 2.76. The van der Waals surface area contributed by atoms with E-state index in [0.29, 0.717) is 14.2 Å². The lowest BCUT2D eigenvalue weighted by atomic mass is 10.3. The molecule has 0 unspecified atom stereocenters. The van der Waals surface area contributed by atoms with Crippen LogP contribution in [0.15, 0.2) is 35.2 Å². The molecule has 0 aliphatic rings. The fraction of sp³-hybridized carbons (Fsp3) is 0.462. The Kier molecular flexibility index (Phi) is 6.99. The van der Waals surface area contributed by atoms with E-state index >= 15 is 0 Å². The summed E-state index contributed by atoms with van der Waals surface area (Å²) in [5.74, 6) is -2.17. The zero-order valence-electron chi connectivity index (χ0n) is 13.9. The molecule has 1 rings (SSSR count). The smallest absolute Gasteiger partial charge is 0.430 e. The number of benzene rings is 1. The highest BCUT2D eigenvalue weighted by Crippen LogP contribution is 2.64. The van der Waals surface area contributed by atoms with Gasteiger partial charge in [-0.05, 0) is 19.1 Å². The largest absolute Gasteiger partial charge is 0.464 e. The molecule has 0 aliphatic heterocycles. The maximum Gasteiger partial charge on any atom is 0.430 e. The van der Waals surface area contributed by atoms with E-state index in [-0.39, 0.29) is 0 Å². The van der Waals surface area contributed by atoms with Crippen molar-refractivity contribution in [1.82, 2.24) is 4.72 Å². The van der Waals surface area contributed by atoms with Gasteiger partial charge in [0.05, 0.1) is 11.5 Å². The molecule has 1 aromatic rings. The molecular weight excluding hydrogens is 402 g/mol. The normalized spacial score (nSPS) is 15.3. The molecule has 13 heteroatoms. The molecule has 0 spiro atoms. The van der Waals surface area contributed by atoms with Crippen molar-refractivity contribution >= 4 is 23.6 Å². The Balaban J connectivity index is 3.74. The Labute approximate surface area is 148 Å². The maximum atomic E-state index is 13.9. The molecule has 26 heavy (non-hydrogen) atoms. The van der Waals surface area contributed by atoms with Crippen LogP contribution in [-0.4, -0.2) is 46.7 Å². The van der Waals surface area contributed by atoms with Gasteiger partial charge in [0.2, 0.25) is 10.0 Å². The third kappa shape index (κ3) is 3.94. The lowest BCUT2D eigenvalue weighted by Crippen LogP contribution is -2.64. The summed E-state index contributed by atoms with van der Waals surface area (Å²) < 4.78 is 93.4. The number of nitrogens with one attached hydrogen (secondary N) is 1. The molecule has 0 saturated heterocycles. The van der Waals surface area contributed by atoms with E-state index in [4.69, 9.17) is 0 Å². The predicted molar refractivity (Wildman–Crippen MR) is 83.8 cm³/mol. The van der Waals surface area contributed by atoms with Gasteiger partial charge in [-0.15, -0.1) is 0 Å². The van der Waals surface area contributed by atoms with Gasteiger partial charge in [0.15, 0.2) is 0 Å². The molecular formula is C13H17F3NO7PS. The average molecular weight is 419 g/mol. The number of ether oxygens (including phenoxy) is 1. The van der Waals surface area contributed by atoms with Crippen LogP contribution >= 0.6 is 7.60 Å². The molecule has 0 fully saturated rings. The molecule has 0 radical (unpaired) electrons. The second-order valence-corrected chi connectivity index (χ2v) is 8.79. The first-order chi connectivity index (χ1) is 11.9. The summed E-state index contributed by atoms with van der Waals surface area (Å²) >= 11 is 0. The Morgan fingerprint density at radius 1 is 1.15 bits per heavy atom. The summed E-state index contributed by atoms with van der Waals surface area (Å²) in [6.45, 7) is 0.645. The van der Waals surface area contributed by atoms with E-state index in [2.05, 4.69) is 13.8 Å². The highest BCUT2D eigenvalue weighted by molar-refractivity contribution is 7.90. The van der Waals surface area contributed by atoms with Crippen LogP contribution in [0.1, 0.15) is 6.92 Å². The zero-order valence-corrected chi connectivity index (χ0v) is 15.7. The first-order valence-corrected chi connectivity index (χ1v) is 9.99. The summed E-state index contributed by atoms with van der Waals surface area (Å²) in [5.41, 5.74) is 0. The lowest BCUT2D eigenvalue weighted by Gasteiger charge is -2.36. The summed E-state index contributed by atoms with van der Waals surface area (Å²) in [6, 6.07) is 5.90. The van der Waals surface area contributed by atoms with Crippen molar-refractivity contribution in [3.8, 4) is 0 Å². The van der Waals surface area contributed by atoms with Crippen LogP contribution in [-0.2, 0) is 33.2 Å². The molecule has 0 amide bonds. The number of hydrogen-bond acceptors (Lipinski definition) is 7. The topological polar surface area (TPSA) is 108 Å². The van der Waals surface area contributed by atoms with Gasteiger partial charge in [0.25, 0.3) is 0 Å². The van der Waals surface area contributed by atoms with Crippen molar-refractivity contribution in [1.29, 1.82) is 0 Å². The summed E-state index contributed by atoms with van der Waals surface area (Å²) in [6.07, 6.45) is -5.72. The van der Waals surface area contributed by atoms with Crippen molar-refractivity contribution in [2.45, 2.75) is 23.3 Å². The molecule has 0 saturated carbocycles. The van der Waals surface area contributed by atoms with Gasteiger partial charge in [0, 0.05) is 14.2 Å². The number of carbonyl (C=O) groups is 1. The third-order valence-electron chi connectivity index (χ3n) is 3.21. The first-order valence-electron chi connectivity index (χ1n) is 6.96. The molecule has 0 aromatic heterocycles. The fourth-order valence-electron chi connectivity index (χ4n) is 1.98. The molecule has 1 N–H and O–H groups in total. The second kappa shape index (κ2) is 8.05. The van der Waals surface area contributed by atoms with Crippen molar-refractivity contribution in [2.75, 3.05) is 20.8 Å². The molecule has 1 aromatic carbocycles. The van der Waals surface area contributed by atoms with Gasteiger partial charge in [-0.25, -0.2) is 13.2 Å². The van der Waals surface area contributed by atoms with Gasteiger partial charge >= 0.3 is 25.0 Å². The Morgan fingerprint density at radius 2 is 1.65 bits per heavy atom. The van der Waals surface area contributed by atoms with Gasteiger partial charge in [-0.3, -0.25) is 4.57 Å². The van der Waals surface area contributed by atoms with Crippen LogP contribution in [0.3, 0.4) is 0 Å². The summed E-state index contributed by atoms with van der Waals surface area (Å²) in [5, 5.41) is -4.30. The molecule has 148 valence electrons. The van der Waals surface area contributed by atoms with E-state index in [1.807, 2.05) is 0 Å². The van der Waals surface area contributed by atoms with Crippen molar-refractivity contribution in [3.63, 3.8) is 0 Å². The number of hydrogen-bond donors (Lipinski definition) is 1. The number of sulfonamides is 1. The summed E-state index contributed by atoms with van der Waals surface area (Å²) in [7, 11) is -9.24. The van der Waals surface area contributed by atoms with Crippen molar-refractivity contribution in [2.24, 2.45) is 0 Å². The minimum atomic E-state index is -5.72. The van der Waals surface area contributed by atoms with E-state index in [0.717, 1.165) is 16.9 Å². The average Bonchev–Trinajstić information content (AvgIpc) is 2.58. The van der Waals surface area contributed by atoms with E-state index < -0.39 is 46.5 Å². The lowest BCUT2D eigenvalue weighted by molar-refractivity contribution is -0.194. The van der Waals surface area contributed by atoms with Gasteiger partial charge in [0.1, 0.15) is 0 Å². The second-order valence-electron chi connectivity index (χ2n) is 4.71. The first kappa shape index (κ1) is 22.6. The highest BCUT2D eigenvalue weighted by atomic mass is 32.2. The SMILES string of the molecule is CCOC(=O)[C@](NS(=O)(=O)c1ccccc1)(C(F)(F)F)P(=O)(OC)OC. The molecule has 1 atom stereocenters. The molecule has 0 heterocycles. The Bertz CT molecular complexity index is 777. The maximum absolute atomic E-state index is 13.9. The summed E-state index contributed by atoms with van der Waals surface area (Å²) in [4.78, 5) is 11.6. The van der Waals surface area contributed by atoms with E-state index in [9.17, 15) is 30.9 Å².